The number of carbonyl (C=O) groups is 2. The van der Waals surface area contributed by atoms with E-state index in [1.54, 1.807) is 6.92 Å². The van der Waals surface area contributed by atoms with Gasteiger partial charge in [-0.15, -0.1) is 0 Å². The van der Waals surface area contributed by atoms with Crippen molar-refractivity contribution in [1.82, 2.24) is 10.2 Å². The summed E-state index contributed by atoms with van der Waals surface area (Å²) in [5, 5.41) is 2.97. The second-order valence-corrected chi connectivity index (χ2v) is 9.73. The second kappa shape index (κ2) is 10.8. The summed E-state index contributed by atoms with van der Waals surface area (Å²) < 4.78 is 25.8. The van der Waals surface area contributed by atoms with Gasteiger partial charge in [-0.25, -0.2) is 8.42 Å². The summed E-state index contributed by atoms with van der Waals surface area (Å²) in [6.07, 6.45) is 1.50. The Kier molecular flexibility index (Phi) is 8.73. The van der Waals surface area contributed by atoms with Crippen molar-refractivity contribution in [1.29, 1.82) is 0 Å². The van der Waals surface area contributed by atoms with Gasteiger partial charge in [-0.05, 0) is 37.1 Å². The molecule has 0 bridgehead atoms. The van der Waals surface area contributed by atoms with Crippen LogP contribution in [0.3, 0.4) is 0 Å². The van der Waals surface area contributed by atoms with Gasteiger partial charge in [0.2, 0.25) is 21.8 Å². The van der Waals surface area contributed by atoms with Gasteiger partial charge >= 0.3 is 0 Å². The van der Waals surface area contributed by atoms with Crippen LogP contribution in [0.25, 0.3) is 0 Å². The molecule has 7 nitrogen and oxygen atoms in total. The van der Waals surface area contributed by atoms with E-state index in [4.69, 9.17) is 23.2 Å². The topological polar surface area (TPSA) is 86.8 Å². The Morgan fingerprint density at radius 1 is 1.10 bits per heavy atom. The molecule has 31 heavy (non-hydrogen) atoms. The lowest BCUT2D eigenvalue weighted by atomic mass is 10.1. The first-order chi connectivity index (χ1) is 14.5. The number of carbonyl (C=O) groups excluding carboxylic acids is 2. The zero-order valence-corrected chi connectivity index (χ0v) is 19.8. The standard InChI is InChI=1S/C21H25Cl2N3O4S/c1-15(21(28)24-2)25(12-11-16-7-5-4-6-8-16)20(27)14-26(31(3,29)30)19-10-9-17(22)13-18(19)23/h4-10,13,15H,11-12,14H2,1-3H3,(H,24,28). The van der Waals surface area contributed by atoms with Crippen LogP contribution in [0.5, 0.6) is 0 Å². The molecule has 0 spiro atoms. The highest BCUT2D eigenvalue weighted by Gasteiger charge is 2.30. The molecule has 1 N–H and O–H groups in total. The van der Waals surface area contributed by atoms with Crippen LogP contribution in [0, 0.1) is 0 Å². The maximum Gasteiger partial charge on any atom is 0.244 e. The number of benzene rings is 2. The molecular weight excluding hydrogens is 461 g/mol. The first-order valence-corrected chi connectivity index (χ1v) is 12.1. The molecule has 0 aliphatic carbocycles. The van der Waals surface area contributed by atoms with Crippen LogP contribution >= 0.6 is 23.2 Å². The van der Waals surface area contributed by atoms with Crippen molar-refractivity contribution in [2.45, 2.75) is 19.4 Å². The lowest BCUT2D eigenvalue weighted by Gasteiger charge is -2.31. The largest absolute Gasteiger partial charge is 0.357 e. The number of halogens is 2. The number of rotatable bonds is 9. The predicted molar refractivity (Wildman–Crippen MR) is 124 cm³/mol. The van der Waals surface area contributed by atoms with E-state index in [0.29, 0.717) is 11.4 Å². The Morgan fingerprint density at radius 3 is 2.29 bits per heavy atom. The van der Waals surface area contributed by atoms with Gasteiger partial charge in [0.25, 0.3) is 0 Å². The lowest BCUT2D eigenvalue weighted by molar-refractivity contribution is -0.138. The minimum absolute atomic E-state index is 0.0981. The van der Waals surface area contributed by atoms with Gasteiger partial charge in [-0.2, -0.15) is 0 Å². The average Bonchev–Trinajstić information content (AvgIpc) is 2.72. The Labute approximate surface area is 193 Å². The molecule has 1 atom stereocenters. The first-order valence-electron chi connectivity index (χ1n) is 9.52. The fraction of sp³-hybridized carbons (Fsp3) is 0.333. The highest BCUT2D eigenvalue weighted by Crippen LogP contribution is 2.30. The number of nitrogens with one attached hydrogen (secondary N) is 1. The fourth-order valence-electron chi connectivity index (χ4n) is 3.06. The predicted octanol–water partition coefficient (Wildman–Crippen LogP) is 2.97. The summed E-state index contributed by atoms with van der Waals surface area (Å²) in [6.45, 7) is 1.33. The van der Waals surface area contributed by atoms with E-state index in [-0.39, 0.29) is 23.2 Å². The van der Waals surface area contributed by atoms with E-state index in [1.807, 2.05) is 30.3 Å². The van der Waals surface area contributed by atoms with E-state index in [1.165, 1.54) is 30.1 Å². The van der Waals surface area contributed by atoms with Crippen molar-refractivity contribution >= 4 is 50.7 Å². The highest BCUT2D eigenvalue weighted by molar-refractivity contribution is 7.92. The number of hydrogen-bond acceptors (Lipinski definition) is 4. The summed E-state index contributed by atoms with van der Waals surface area (Å²) in [5.41, 5.74) is 1.13. The third kappa shape index (κ3) is 6.85. The molecule has 0 heterocycles. The van der Waals surface area contributed by atoms with Crippen LogP contribution < -0.4 is 9.62 Å². The number of hydrogen-bond donors (Lipinski definition) is 1. The van der Waals surface area contributed by atoms with E-state index < -0.39 is 28.5 Å². The molecule has 0 fully saturated rings. The summed E-state index contributed by atoms with van der Waals surface area (Å²) in [6, 6.07) is 13.0. The molecule has 2 aromatic carbocycles. The molecule has 2 rings (SSSR count). The van der Waals surface area contributed by atoms with Crippen LogP contribution in [0.15, 0.2) is 48.5 Å². The summed E-state index contributed by atoms with van der Waals surface area (Å²) >= 11 is 12.1. The molecule has 0 saturated carbocycles. The minimum Gasteiger partial charge on any atom is -0.357 e. The molecule has 2 amide bonds. The van der Waals surface area contributed by atoms with E-state index in [2.05, 4.69) is 5.32 Å². The van der Waals surface area contributed by atoms with Crippen LogP contribution in [-0.4, -0.2) is 57.6 Å². The highest BCUT2D eigenvalue weighted by atomic mass is 35.5. The lowest BCUT2D eigenvalue weighted by Crippen LogP contribution is -2.51. The van der Waals surface area contributed by atoms with Gasteiger partial charge in [0, 0.05) is 18.6 Å². The van der Waals surface area contributed by atoms with Crippen molar-refractivity contribution in [2.24, 2.45) is 0 Å². The van der Waals surface area contributed by atoms with Crippen molar-refractivity contribution in [3.8, 4) is 0 Å². The first kappa shape index (κ1) is 25.0. The molecule has 168 valence electrons. The zero-order chi connectivity index (χ0) is 23.2. The molecule has 1 unspecified atom stereocenters. The number of amides is 2. The molecule has 2 aromatic rings. The van der Waals surface area contributed by atoms with Crippen LogP contribution in [0.2, 0.25) is 10.0 Å². The normalized spacial score (nSPS) is 12.2. The van der Waals surface area contributed by atoms with Gasteiger partial charge < -0.3 is 10.2 Å². The third-order valence-corrected chi connectivity index (χ3v) is 6.42. The Morgan fingerprint density at radius 2 is 1.74 bits per heavy atom. The summed E-state index contributed by atoms with van der Waals surface area (Å²) in [5.74, 6) is -0.875. The zero-order valence-electron chi connectivity index (χ0n) is 17.5. The SMILES string of the molecule is CNC(=O)C(C)N(CCc1ccccc1)C(=O)CN(c1ccc(Cl)cc1Cl)S(C)(=O)=O. The second-order valence-electron chi connectivity index (χ2n) is 6.98. The Bertz CT molecular complexity index is 1030. The molecule has 0 aliphatic rings. The maximum absolute atomic E-state index is 13.2. The van der Waals surface area contributed by atoms with Gasteiger partial charge in [0.05, 0.1) is 17.0 Å². The summed E-state index contributed by atoms with van der Waals surface area (Å²) in [7, 11) is -2.36. The number of sulfonamides is 1. The molecule has 0 radical (unpaired) electrons. The fourth-order valence-corrected chi connectivity index (χ4v) is 4.48. The molecule has 0 aliphatic heterocycles. The number of likely N-dealkylation sites (N-methyl/N-ethyl adjacent to an activating group) is 1. The smallest absolute Gasteiger partial charge is 0.244 e. The quantitative estimate of drug-likeness (QED) is 0.591. The monoisotopic (exact) mass is 485 g/mol. The number of nitrogens with zero attached hydrogens (tertiary/aromatic N) is 2. The number of anilines is 1. The van der Waals surface area contributed by atoms with E-state index in [0.717, 1.165) is 16.1 Å². The average molecular weight is 486 g/mol. The maximum atomic E-state index is 13.2. The van der Waals surface area contributed by atoms with Crippen molar-refractivity contribution in [3.05, 3.63) is 64.1 Å². The van der Waals surface area contributed by atoms with Crippen LogP contribution in [-0.2, 0) is 26.0 Å². The molecular formula is C21H25Cl2N3O4S. The Hall–Kier alpha value is -2.29. The van der Waals surface area contributed by atoms with E-state index in [9.17, 15) is 18.0 Å². The van der Waals surface area contributed by atoms with Crippen molar-refractivity contribution in [3.63, 3.8) is 0 Å². The molecule has 10 heteroatoms. The van der Waals surface area contributed by atoms with Crippen LogP contribution in [0.1, 0.15) is 12.5 Å². The van der Waals surface area contributed by atoms with Gasteiger partial charge in [-0.3, -0.25) is 13.9 Å². The van der Waals surface area contributed by atoms with Gasteiger partial charge in [0.15, 0.2) is 0 Å². The van der Waals surface area contributed by atoms with Crippen LogP contribution in [0.4, 0.5) is 5.69 Å². The molecule has 0 aromatic heterocycles. The Balaban J connectivity index is 2.32. The summed E-state index contributed by atoms with van der Waals surface area (Å²) in [4.78, 5) is 26.8. The van der Waals surface area contributed by atoms with Gasteiger partial charge in [0.1, 0.15) is 12.6 Å². The van der Waals surface area contributed by atoms with Gasteiger partial charge in [-0.1, -0.05) is 53.5 Å². The third-order valence-electron chi connectivity index (χ3n) is 4.76. The minimum atomic E-state index is -3.84. The van der Waals surface area contributed by atoms with Crippen molar-refractivity contribution < 1.29 is 18.0 Å². The van der Waals surface area contributed by atoms with E-state index >= 15 is 0 Å². The van der Waals surface area contributed by atoms with Crippen molar-refractivity contribution in [2.75, 3.05) is 30.7 Å². The molecule has 0 saturated heterocycles.